The maximum atomic E-state index is 12.4. The van der Waals surface area contributed by atoms with Crippen LogP contribution in [0.15, 0.2) is 23.2 Å². The van der Waals surface area contributed by atoms with Crippen LogP contribution in [-0.2, 0) is 14.6 Å². The largest absolute Gasteiger partial charge is 0.478 e. The first-order valence-corrected chi connectivity index (χ1v) is 12.5. The molecule has 1 amide bonds. The van der Waals surface area contributed by atoms with Gasteiger partial charge in [0.1, 0.15) is 0 Å². The lowest BCUT2D eigenvalue weighted by Crippen LogP contribution is -2.40. The van der Waals surface area contributed by atoms with Gasteiger partial charge in [0.15, 0.2) is 9.84 Å². The third kappa shape index (κ3) is 6.43. The van der Waals surface area contributed by atoms with Crippen LogP contribution in [0.4, 0.5) is 0 Å². The molecule has 162 valence electrons. The van der Waals surface area contributed by atoms with Crippen LogP contribution in [0.5, 0.6) is 5.88 Å². The van der Waals surface area contributed by atoms with E-state index in [0.29, 0.717) is 30.7 Å². The first kappa shape index (κ1) is 22.1. The molecule has 0 N–H and O–H groups in total. The highest BCUT2D eigenvalue weighted by Gasteiger charge is 2.43. The number of piperidine rings is 1. The molecule has 1 aromatic heterocycles. The number of nitrogens with zero attached hydrogens (tertiary/aromatic N) is 2. The Bertz CT molecular complexity index is 806. The standard InChI is InChI=1S/C22H34N2O4S/c1-22(2,3)14-21(25)24-10-7-16(8-11-24)19-13-17(19)9-12-28-20-6-5-18(15-23-20)29(4,26)27/h5-6,15-17,19H,7-14H2,1-4H3. The topological polar surface area (TPSA) is 76.6 Å². The van der Waals surface area contributed by atoms with E-state index in [1.165, 1.54) is 24.9 Å². The number of rotatable bonds is 7. The third-order valence-electron chi connectivity index (χ3n) is 6.03. The summed E-state index contributed by atoms with van der Waals surface area (Å²) in [6.45, 7) is 8.75. The molecule has 6 nitrogen and oxygen atoms in total. The van der Waals surface area contributed by atoms with Crippen molar-refractivity contribution in [3.05, 3.63) is 18.3 Å². The van der Waals surface area contributed by atoms with Crippen molar-refractivity contribution in [1.82, 2.24) is 9.88 Å². The number of likely N-dealkylation sites (tertiary alicyclic amines) is 1. The highest BCUT2D eigenvalue weighted by molar-refractivity contribution is 7.90. The second-order valence-electron chi connectivity index (χ2n) is 9.86. The van der Waals surface area contributed by atoms with Crippen molar-refractivity contribution in [3.8, 4) is 5.88 Å². The fourth-order valence-electron chi connectivity index (χ4n) is 4.31. The summed E-state index contributed by atoms with van der Waals surface area (Å²) in [4.78, 5) is 18.7. The Balaban J connectivity index is 1.35. The molecule has 7 heteroatoms. The second-order valence-corrected chi connectivity index (χ2v) is 11.9. The molecule has 2 heterocycles. The number of pyridine rings is 1. The zero-order chi connectivity index (χ0) is 21.2. The fraction of sp³-hybridized carbons (Fsp3) is 0.727. The minimum Gasteiger partial charge on any atom is -0.478 e. The van der Waals surface area contributed by atoms with Crippen molar-refractivity contribution in [3.63, 3.8) is 0 Å². The number of sulfone groups is 1. The molecule has 1 aromatic rings. The van der Waals surface area contributed by atoms with Crippen molar-refractivity contribution in [2.24, 2.45) is 23.2 Å². The Kier molecular flexibility index (Phi) is 6.56. The van der Waals surface area contributed by atoms with Crippen LogP contribution < -0.4 is 4.74 Å². The van der Waals surface area contributed by atoms with Crippen molar-refractivity contribution in [2.45, 2.75) is 57.8 Å². The summed E-state index contributed by atoms with van der Waals surface area (Å²) in [5.41, 5.74) is 0.0511. The number of hydrogen-bond acceptors (Lipinski definition) is 5. The molecule has 2 unspecified atom stereocenters. The predicted molar refractivity (Wildman–Crippen MR) is 112 cm³/mol. The first-order chi connectivity index (χ1) is 13.5. The molecule has 0 bridgehead atoms. The Morgan fingerprint density at radius 2 is 1.93 bits per heavy atom. The SMILES string of the molecule is CC(C)(C)CC(=O)N1CCC(C2CC2CCOc2ccc(S(C)(=O)=O)cn2)CC1. The molecule has 2 atom stereocenters. The normalized spacial score (nSPS) is 23.1. The zero-order valence-corrected chi connectivity index (χ0v) is 18.9. The molecule has 1 saturated carbocycles. The van der Waals surface area contributed by atoms with Gasteiger partial charge in [0.25, 0.3) is 0 Å². The number of carbonyl (C=O) groups is 1. The van der Waals surface area contributed by atoms with Crippen molar-refractivity contribution in [2.75, 3.05) is 26.0 Å². The zero-order valence-electron chi connectivity index (χ0n) is 18.1. The van der Waals surface area contributed by atoms with Crippen molar-refractivity contribution >= 4 is 15.7 Å². The number of carbonyl (C=O) groups excluding carboxylic acids is 1. The number of aromatic nitrogens is 1. The summed E-state index contributed by atoms with van der Waals surface area (Å²) in [6, 6.07) is 3.15. The molecule has 1 saturated heterocycles. The number of hydrogen-bond donors (Lipinski definition) is 0. The van der Waals surface area contributed by atoms with Gasteiger partial charge in [-0.05, 0) is 54.9 Å². The van der Waals surface area contributed by atoms with Crippen LogP contribution >= 0.6 is 0 Å². The van der Waals surface area contributed by atoms with Crippen molar-refractivity contribution in [1.29, 1.82) is 0 Å². The van der Waals surface area contributed by atoms with Gasteiger partial charge in [0, 0.05) is 38.0 Å². The van der Waals surface area contributed by atoms with E-state index in [9.17, 15) is 13.2 Å². The van der Waals surface area contributed by atoms with Crippen LogP contribution in [0.2, 0.25) is 0 Å². The average Bonchev–Trinajstić information content (AvgIpc) is 3.40. The van der Waals surface area contributed by atoms with Gasteiger partial charge >= 0.3 is 0 Å². The Morgan fingerprint density at radius 1 is 1.24 bits per heavy atom. The molecule has 0 radical (unpaired) electrons. The van der Waals surface area contributed by atoms with E-state index in [1.807, 2.05) is 4.90 Å². The van der Waals surface area contributed by atoms with E-state index >= 15 is 0 Å². The Labute approximate surface area is 175 Å². The highest BCUT2D eigenvalue weighted by atomic mass is 32.2. The van der Waals surface area contributed by atoms with Crippen LogP contribution in [0.1, 0.15) is 52.9 Å². The Hall–Kier alpha value is -1.63. The molecule has 1 aliphatic carbocycles. The molecule has 2 aliphatic rings. The van der Waals surface area contributed by atoms with E-state index in [1.54, 1.807) is 6.07 Å². The lowest BCUT2D eigenvalue weighted by molar-refractivity contribution is -0.134. The summed E-state index contributed by atoms with van der Waals surface area (Å²) >= 11 is 0. The minimum absolute atomic E-state index is 0.0511. The number of ether oxygens (including phenoxy) is 1. The van der Waals surface area contributed by atoms with Crippen molar-refractivity contribution < 1.29 is 17.9 Å². The van der Waals surface area contributed by atoms with E-state index < -0.39 is 9.84 Å². The predicted octanol–water partition coefficient (Wildman–Crippen LogP) is 3.56. The second kappa shape index (κ2) is 8.62. The first-order valence-electron chi connectivity index (χ1n) is 10.6. The van der Waals surface area contributed by atoms with Crippen LogP contribution in [0.3, 0.4) is 0 Å². The molecule has 0 aromatic carbocycles. The van der Waals surface area contributed by atoms with E-state index in [0.717, 1.165) is 44.2 Å². The maximum absolute atomic E-state index is 12.4. The van der Waals surface area contributed by atoms with Gasteiger partial charge in [-0.25, -0.2) is 13.4 Å². The van der Waals surface area contributed by atoms with Crippen LogP contribution in [-0.4, -0.2) is 50.2 Å². The average molecular weight is 423 g/mol. The maximum Gasteiger partial charge on any atom is 0.223 e. The summed E-state index contributed by atoms with van der Waals surface area (Å²) in [7, 11) is -3.22. The summed E-state index contributed by atoms with van der Waals surface area (Å²) in [5.74, 6) is 2.96. The molecular formula is C22H34N2O4S. The molecular weight excluding hydrogens is 388 g/mol. The fourth-order valence-corrected chi connectivity index (χ4v) is 4.87. The van der Waals surface area contributed by atoms with Crippen LogP contribution in [0, 0.1) is 23.2 Å². The summed E-state index contributed by atoms with van der Waals surface area (Å²) < 4.78 is 28.6. The van der Waals surface area contributed by atoms with Gasteiger partial charge in [0.05, 0.1) is 11.5 Å². The van der Waals surface area contributed by atoms with Gasteiger partial charge in [-0.3, -0.25) is 4.79 Å². The summed E-state index contributed by atoms with van der Waals surface area (Å²) in [6.07, 6.45) is 7.63. The molecule has 0 spiro atoms. The van der Waals surface area contributed by atoms with Gasteiger partial charge in [-0.2, -0.15) is 0 Å². The molecule has 3 rings (SSSR count). The monoisotopic (exact) mass is 422 g/mol. The molecule has 29 heavy (non-hydrogen) atoms. The van der Waals surface area contributed by atoms with E-state index in [4.69, 9.17) is 4.74 Å². The smallest absolute Gasteiger partial charge is 0.223 e. The van der Waals surface area contributed by atoms with Gasteiger partial charge in [-0.1, -0.05) is 20.8 Å². The van der Waals surface area contributed by atoms with Gasteiger partial charge < -0.3 is 9.64 Å². The van der Waals surface area contributed by atoms with Crippen LogP contribution in [0.25, 0.3) is 0 Å². The lowest BCUT2D eigenvalue weighted by atomic mass is 9.88. The van der Waals surface area contributed by atoms with Gasteiger partial charge in [-0.15, -0.1) is 0 Å². The lowest BCUT2D eigenvalue weighted by Gasteiger charge is -2.34. The molecule has 2 fully saturated rings. The molecule has 1 aliphatic heterocycles. The quantitative estimate of drug-likeness (QED) is 0.671. The summed E-state index contributed by atoms with van der Waals surface area (Å²) in [5, 5.41) is 0. The Morgan fingerprint density at radius 3 is 2.48 bits per heavy atom. The van der Waals surface area contributed by atoms with Gasteiger partial charge in [0.2, 0.25) is 11.8 Å². The highest BCUT2D eigenvalue weighted by Crippen LogP contribution is 2.49. The third-order valence-corrected chi connectivity index (χ3v) is 7.13. The van der Waals surface area contributed by atoms with E-state index in [2.05, 4.69) is 25.8 Å². The van der Waals surface area contributed by atoms with E-state index in [-0.39, 0.29) is 10.3 Å². The number of amides is 1. The minimum atomic E-state index is -3.22.